The van der Waals surface area contributed by atoms with Gasteiger partial charge in [-0.1, -0.05) is 30.3 Å². The van der Waals surface area contributed by atoms with E-state index in [1.807, 2.05) is 62.6 Å². The summed E-state index contributed by atoms with van der Waals surface area (Å²) in [5.74, 6) is 2.98. The molecule has 0 aliphatic rings. The van der Waals surface area contributed by atoms with Crippen LogP contribution in [0, 0.1) is 0 Å². The quantitative estimate of drug-likeness (QED) is 0.239. The van der Waals surface area contributed by atoms with Crippen molar-refractivity contribution in [3.05, 3.63) is 72.3 Å². The van der Waals surface area contributed by atoms with E-state index < -0.39 is 0 Å². The number of aromatic nitrogens is 2. The Balaban J connectivity index is 0.00000341. The Morgan fingerprint density at radius 3 is 2.61 bits per heavy atom. The molecule has 1 heterocycles. The van der Waals surface area contributed by atoms with Gasteiger partial charge in [0.25, 0.3) is 0 Å². The van der Waals surface area contributed by atoms with Gasteiger partial charge < -0.3 is 24.7 Å². The molecule has 0 atom stereocenters. The number of nitrogens with one attached hydrogen (secondary N) is 2. The van der Waals surface area contributed by atoms with Crippen LogP contribution in [0.4, 0.5) is 5.69 Å². The summed E-state index contributed by atoms with van der Waals surface area (Å²) in [5.41, 5.74) is 2.09. The number of nitrogens with zero attached hydrogens (tertiary/aromatic N) is 3. The van der Waals surface area contributed by atoms with Gasteiger partial charge in [-0.05, 0) is 31.5 Å². The van der Waals surface area contributed by atoms with Crippen LogP contribution in [0.5, 0.6) is 11.5 Å². The molecule has 2 aromatic carbocycles. The van der Waals surface area contributed by atoms with Gasteiger partial charge in [0.05, 0.1) is 13.7 Å². The standard InChI is InChI=1S/C23H29N5O2.HI/c1-4-24-23(27-19-11-12-20(30-5-2)21(15-19)29-3)26-16-22-25-13-14-28(22)17-18-9-7-6-8-10-18;/h6-15H,4-5,16-17H2,1-3H3,(H2,24,26,27);1H. The van der Waals surface area contributed by atoms with Gasteiger partial charge in [-0.25, -0.2) is 9.98 Å². The second-order valence-corrected chi connectivity index (χ2v) is 6.58. The van der Waals surface area contributed by atoms with Crippen molar-refractivity contribution >= 4 is 35.6 Å². The summed E-state index contributed by atoms with van der Waals surface area (Å²) in [6.45, 7) is 6.55. The Bertz CT molecular complexity index is 960. The lowest BCUT2D eigenvalue weighted by Gasteiger charge is -2.14. The number of guanidine groups is 1. The number of hydrogen-bond donors (Lipinski definition) is 2. The molecule has 166 valence electrons. The van der Waals surface area contributed by atoms with Crippen LogP contribution >= 0.6 is 24.0 Å². The lowest BCUT2D eigenvalue weighted by molar-refractivity contribution is 0.311. The molecule has 0 aliphatic carbocycles. The van der Waals surface area contributed by atoms with E-state index in [4.69, 9.17) is 14.5 Å². The van der Waals surface area contributed by atoms with Crippen molar-refractivity contribution < 1.29 is 9.47 Å². The molecule has 0 bridgehead atoms. The molecule has 0 saturated heterocycles. The lowest BCUT2D eigenvalue weighted by Crippen LogP contribution is -2.30. The highest BCUT2D eigenvalue weighted by Gasteiger charge is 2.08. The average molecular weight is 535 g/mol. The van der Waals surface area contributed by atoms with Crippen LogP contribution in [0.3, 0.4) is 0 Å². The molecular weight excluding hydrogens is 505 g/mol. The minimum atomic E-state index is 0. The van der Waals surface area contributed by atoms with Gasteiger partial charge in [0.1, 0.15) is 12.4 Å². The Morgan fingerprint density at radius 1 is 1.10 bits per heavy atom. The van der Waals surface area contributed by atoms with E-state index in [1.54, 1.807) is 7.11 Å². The number of halogens is 1. The van der Waals surface area contributed by atoms with Crippen molar-refractivity contribution in [2.45, 2.75) is 26.9 Å². The highest BCUT2D eigenvalue weighted by molar-refractivity contribution is 14.0. The molecule has 0 aliphatic heterocycles. The fourth-order valence-electron chi connectivity index (χ4n) is 3.03. The van der Waals surface area contributed by atoms with Crippen LogP contribution in [0.1, 0.15) is 25.2 Å². The maximum atomic E-state index is 5.58. The first-order valence-corrected chi connectivity index (χ1v) is 10.1. The fraction of sp³-hybridized carbons (Fsp3) is 0.304. The van der Waals surface area contributed by atoms with Gasteiger partial charge in [-0.2, -0.15) is 0 Å². The Morgan fingerprint density at radius 2 is 1.90 bits per heavy atom. The molecule has 0 fully saturated rings. The number of anilines is 1. The Labute approximate surface area is 200 Å². The summed E-state index contributed by atoms with van der Waals surface area (Å²) in [5, 5.41) is 6.59. The monoisotopic (exact) mass is 535 g/mol. The third-order valence-corrected chi connectivity index (χ3v) is 4.45. The van der Waals surface area contributed by atoms with E-state index in [0.29, 0.717) is 24.9 Å². The zero-order valence-electron chi connectivity index (χ0n) is 18.2. The van der Waals surface area contributed by atoms with Crippen LogP contribution in [0.15, 0.2) is 65.9 Å². The van der Waals surface area contributed by atoms with E-state index in [0.717, 1.165) is 30.4 Å². The van der Waals surface area contributed by atoms with Gasteiger partial charge in [0.15, 0.2) is 17.5 Å². The molecule has 0 radical (unpaired) electrons. The topological polar surface area (TPSA) is 72.7 Å². The third-order valence-electron chi connectivity index (χ3n) is 4.45. The summed E-state index contributed by atoms with van der Waals surface area (Å²) in [7, 11) is 1.63. The average Bonchev–Trinajstić information content (AvgIpc) is 3.21. The normalized spacial score (nSPS) is 10.9. The van der Waals surface area contributed by atoms with E-state index in [2.05, 4.69) is 32.3 Å². The minimum Gasteiger partial charge on any atom is -0.493 e. The maximum absolute atomic E-state index is 5.58. The summed E-state index contributed by atoms with van der Waals surface area (Å²) >= 11 is 0. The summed E-state index contributed by atoms with van der Waals surface area (Å²) in [6, 6.07) is 16.1. The number of methoxy groups -OCH3 is 1. The van der Waals surface area contributed by atoms with Gasteiger partial charge >= 0.3 is 0 Å². The minimum absolute atomic E-state index is 0. The molecule has 7 nitrogen and oxygen atoms in total. The number of benzene rings is 2. The van der Waals surface area contributed by atoms with Gasteiger partial charge in [0.2, 0.25) is 0 Å². The van der Waals surface area contributed by atoms with Crippen LogP contribution < -0.4 is 20.1 Å². The fourth-order valence-corrected chi connectivity index (χ4v) is 3.03. The van der Waals surface area contributed by atoms with E-state index in [-0.39, 0.29) is 24.0 Å². The lowest BCUT2D eigenvalue weighted by atomic mass is 10.2. The molecule has 1 aromatic heterocycles. The van der Waals surface area contributed by atoms with Crippen molar-refractivity contribution in [1.29, 1.82) is 0 Å². The second kappa shape index (κ2) is 12.8. The summed E-state index contributed by atoms with van der Waals surface area (Å²) in [4.78, 5) is 9.18. The highest BCUT2D eigenvalue weighted by atomic mass is 127. The number of rotatable bonds is 9. The van der Waals surface area contributed by atoms with E-state index in [9.17, 15) is 0 Å². The Hall–Kier alpha value is -2.75. The van der Waals surface area contributed by atoms with Crippen LogP contribution in [0.25, 0.3) is 0 Å². The van der Waals surface area contributed by atoms with E-state index in [1.165, 1.54) is 5.56 Å². The van der Waals surface area contributed by atoms with Crippen molar-refractivity contribution in [3.8, 4) is 11.5 Å². The first-order valence-electron chi connectivity index (χ1n) is 10.1. The van der Waals surface area contributed by atoms with Crippen LogP contribution in [0.2, 0.25) is 0 Å². The molecule has 0 spiro atoms. The molecule has 3 aromatic rings. The zero-order valence-corrected chi connectivity index (χ0v) is 20.5. The van der Waals surface area contributed by atoms with Crippen LogP contribution in [-0.2, 0) is 13.1 Å². The molecule has 31 heavy (non-hydrogen) atoms. The van der Waals surface area contributed by atoms with E-state index >= 15 is 0 Å². The van der Waals surface area contributed by atoms with Crippen molar-refractivity contribution in [3.63, 3.8) is 0 Å². The summed E-state index contributed by atoms with van der Waals surface area (Å²) < 4.78 is 13.1. The van der Waals surface area contributed by atoms with Crippen LogP contribution in [-0.4, -0.2) is 35.8 Å². The Kier molecular flexibility index (Phi) is 10.2. The highest BCUT2D eigenvalue weighted by Crippen LogP contribution is 2.30. The van der Waals surface area contributed by atoms with Gasteiger partial charge in [0, 0.05) is 37.2 Å². The number of aliphatic imine (C=N–C) groups is 1. The number of hydrogen-bond acceptors (Lipinski definition) is 4. The smallest absolute Gasteiger partial charge is 0.196 e. The third kappa shape index (κ3) is 7.16. The van der Waals surface area contributed by atoms with Crippen molar-refractivity contribution in [1.82, 2.24) is 14.9 Å². The first kappa shape index (κ1) is 24.5. The summed E-state index contributed by atoms with van der Waals surface area (Å²) in [6.07, 6.45) is 3.79. The molecule has 0 unspecified atom stereocenters. The zero-order chi connectivity index (χ0) is 21.2. The first-order chi connectivity index (χ1) is 14.7. The molecule has 3 rings (SSSR count). The largest absolute Gasteiger partial charge is 0.493 e. The number of ether oxygens (including phenoxy) is 2. The van der Waals surface area contributed by atoms with Gasteiger partial charge in [-0.3, -0.25) is 0 Å². The molecule has 8 heteroatoms. The molecule has 0 saturated carbocycles. The van der Waals surface area contributed by atoms with Gasteiger partial charge in [-0.15, -0.1) is 24.0 Å². The maximum Gasteiger partial charge on any atom is 0.196 e. The van der Waals surface area contributed by atoms with Crippen molar-refractivity contribution in [2.75, 3.05) is 25.6 Å². The second-order valence-electron chi connectivity index (χ2n) is 6.58. The molecular formula is C23H30IN5O2. The molecule has 2 N–H and O–H groups in total. The number of imidazole rings is 1. The molecule has 0 amide bonds. The predicted molar refractivity (Wildman–Crippen MR) is 136 cm³/mol. The SMILES string of the molecule is CCNC(=NCc1nccn1Cc1ccccc1)Nc1ccc(OCC)c(OC)c1.I. The van der Waals surface area contributed by atoms with Crippen molar-refractivity contribution in [2.24, 2.45) is 4.99 Å². The predicted octanol–water partition coefficient (Wildman–Crippen LogP) is 4.53.